The molecule has 0 radical (unpaired) electrons. The number of aryl methyl sites for hydroxylation is 1. The monoisotopic (exact) mass is 339 g/mol. The normalized spacial score (nSPS) is 26.3. The van der Waals surface area contributed by atoms with Crippen molar-refractivity contribution in [3.8, 4) is 0 Å². The van der Waals surface area contributed by atoms with E-state index in [-0.39, 0.29) is 5.91 Å². The standard InChI is InChI=1S/C16H22BrNO2/c1-11-4-3-7-16(20,9-11)10-18-15(19)14-8-13(17)6-5-12(14)2/h5-6,8,11,20H,3-4,7,9-10H2,1-2H3,(H,18,19). The van der Waals surface area contributed by atoms with Gasteiger partial charge in [-0.2, -0.15) is 0 Å². The van der Waals surface area contributed by atoms with Crippen LogP contribution < -0.4 is 5.32 Å². The summed E-state index contributed by atoms with van der Waals surface area (Å²) >= 11 is 3.38. The zero-order valence-corrected chi connectivity index (χ0v) is 13.7. The number of hydrogen-bond acceptors (Lipinski definition) is 2. The summed E-state index contributed by atoms with van der Waals surface area (Å²) in [6.45, 7) is 4.41. The zero-order valence-electron chi connectivity index (χ0n) is 12.1. The van der Waals surface area contributed by atoms with Crippen molar-refractivity contribution in [2.45, 2.75) is 45.1 Å². The summed E-state index contributed by atoms with van der Waals surface area (Å²) in [5.74, 6) is 0.411. The zero-order chi connectivity index (χ0) is 14.8. The number of nitrogens with one attached hydrogen (secondary N) is 1. The van der Waals surface area contributed by atoms with Gasteiger partial charge in [-0.1, -0.05) is 41.8 Å². The molecule has 2 atom stereocenters. The van der Waals surface area contributed by atoms with Crippen LogP contribution in [0, 0.1) is 12.8 Å². The number of hydrogen-bond donors (Lipinski definition) is 2. The van der Waals surface area contributed by atoms with E-state index < -0.39 is 5.60 Å². The van der Waals surface area contributed by atoms with Gasteiger partial charge in [0.2, 0.25) is 0 Å². The largest absolute Gasteiger partial charge is 0.388 e. The predicted molar refractivity (Wildman–Crippen MR) is 83.8 cm³/mol. The summed E-state index contributed by atoms with van der Waals surface area (Å²) in [6, 6.07) is 5.65. The fraction of sp³-hybridized carbons (Fsp3) is 0.562. The number of aliphatic hydroxyl groups is 1. The molecule has 1 saturated carbocycles. The van der Waals surface area contributed by atoms with Crippen molar-refractivity contribution in [2.75, 3.05) is 6.54 Å². The summed E-state index contributed by atoms with van der Waals surface area (Å²) in [5, 5.41) is 13.4. The van der Waals surface area contributed by atoms with Crippen LogP contribution in [-0.4, -0.2) is 23.2 Å². The van der Waals surface area contributed by atoms with Gasteiger partial charge in [-0.05, 0) is 43.4 Å². The summed E-state index contributed by atoms with van der Waals surface area (Å²) < 4.78 is 0.887. The third kappa shape index (κ3) is 3.83. The van der Waals surface area contributed by atoms with Crippen molar-refractivity contribution in [1.29, 1.82) is 0 Å². The molecule has 0 aromatic heterocycles. The van der Waals surface area contributed by atoms with Crippen molar-refractivity contribution in [3.05, 3.63) is 33.8 Å². The molecule has 0 heterocycles. The van der Waals surface area contributed by atoms with Gasteiger partial charge in [-0.3, -0.25) is 4.79 Å². The smallest absolute Gasteiger partial charge is 0.251 e. The molecule has 1 aliphatic carbocycles. The van der Waals surface area contributed by atoms with Gasteiger partial charge >= 0.3 is 0 Å². The minimum Gasteiger partial charge on any atom is -0.388 e. The van der Waals surface area contributed by atoms with Gasteiger partial charge in [-0.15, -0.1) is 0 Å². The SMILES string of the molecule is Cc1ccc(Br)cc1C(=O)NCC1(O)CCCC(C)C1. The topological polar surface area (TPSA) is 49.3 Å². The first-order valence-corrected chi connectivity index (χ1v) is 7.96. The van der Waals surface area contributed by atoms with Crippen molar-refractivity contribution in [2.24, 2.45) is 5.92 Å². The van der Waals surface area contributed by atoms with E-state index in [1.165, 1.54) is 6.42 Å². The second-order valence-electron chi connectivity index (χ2n) is 6.07. The highest BCUT2D eigenvalue weighted by Gasteiger charge is 2.32. The Labute approximate surface area is 128 Å². The molecule has 20 heavy (non-hydrogen) atoms. The Kier molecular flexibility index (Phi) is 4.86. The van der Waals surface area contributed by atoms with Crippen LogP contribution in [0.2, 0.25) is 0 Å². The molecular weight excluding hydrogens is 318 g/mol. The first-order chi connectivity index (χ1) is 9.39. The fourth-order valence-electron chi connectivity index (χ4n) is 2.97. The van der Waals surface area contributed by atoms with Gasteiger partial charge in [0.15, 0.2) is 0 Å². The van der Waals surface area contributed by atoms with Crippen LogP contribution in [0.4, 0.5) is 0 Å². The van der Waals surface area contributed by atoms with Crippen LogP contribution in [0.3, 0.4) is 0 Å². The quantitative estimate of drug-likeness (QED) is 0.886. The Morgan fingerprint density at radius 1 is 1.55 bits per heavy atom. The molecular formula is C16H22BrNO2. The molecule has 4 heteroatoms. The summed E-state index contributed by atoms with van der Waals surface area (Å²) in [6.07, 6.45) is 3.74. The van der Waals surface area contributed by atoms with Gasteiger partial charge in [0, 0.05) is 16.6 Å². The molecule has 110 valence electrons. The second kappa shape index (κ2) is 6.27. The van der Waals surface area contributed by atoms with Crippen LogP contribution in [-0.2, 0) is 0 Å². The van der Waals surface area contributed by atoms with Gasteiger partial charge in [0.1, 0.15) is 0 Å². The highest BCUT2D eigenvalue weighted by Crippen LogP contribution is 2.31. The molecule has 0 bridgehead atoms. The molecule has 2 N–H and O–H groups in total. The molecule has 2 unspecified atom stereocenters. The van der Waals surface area contributed by atoms with E-state index in [9.17, 15) is 9.90 Å². The van der Waals surface area contributed by atoms with Crippen LogP contribution >= 0.6 is 15.9 Å². The number of rotatable bonds is 3. The van der Waals surface area contributed by atoms with Crippen molar-refractivity contribution >= 4 is 21.8 Å². The number of benzene rings is 1. The fourth-order valence-corrected chi connectivity index (χ4v) is 3.33. The number of amides is 1. The van der Waals surface area contributed by atoms with E-state index in [1.54, 1.807) is 0 Å². The van der Waals surface area contributed by atoms with E-state index in [0.717, 1.165) is 29.3 Å². The molecule has 2 rings (SSSR count). The first-order valence-electron chi connectivity index (χ1n) is 7.16. The maximum Gasteiger partial charge on any atom is 0.251 e. The van der Waals surface area contributed by atoms with Gasteiger partial charge in [0.25, 0.3) is 5.91 Å². The van der Waals surface area contributed by atoms with Crippen molar-refractivity contribution in [1.82, 2.24) is 5.32 Å². The second-order valence-corrected chi connectivity index (χ2v) is 6.98. The average Bonchev–Trinajstić information content (AvgIpc) is 2.39. The van der Waals surface area contributed by atoms with E-state index in [1.807, 2.05) is 25.1 Å². The lowest BCUT2D eigenvalue weighted by atomic mass is 9.79. The van der Waals surface area contributed by atoms with E-state index in [0.29, 0.717) is 18.0 Å². The Hall–Kier alpha value is -0.870. The van der Waals surface area contributed by atoms with E-state index in [2.05, 4.69) is 28.2 Å². The maximum absolute atomic E-state index is 12.2. The minimum absolute atomic E-state index is 0.115. The van der Waals surface area contributed by atoms with Gasteiger partial charge in [-0.25, -0.2) is 0 Å². The summed E-state index contributed by atoms with van der Waals surface area (Å²) in [7, 11) is 0. The Morgan fingerprint density at radius 2 is 2.30 bits per heavy atom. The number of carbonyl (C=O) groups is 1. The lowest BCUT2D eigenvalue weighted by molar-refractivity contribution is -0.0109. The number of carbonyl (C=O) groups excluding carboxylic acids is 1. The van der Waals surface area contributed by atoms with Crippen molar-refractivity contribution in [3.63, 3.8) is 0 Å². The maximum atomic E-state index is 12.2. The Balaban J connectivity index is 1.99. The number of halogens is 1. The molecule has 0 spiro atoms. The van der Waals surface area contributed by atoms with Gasteiger partial charge in [0.05, 0.1) is 5.60 Å². The van der Waals surface area contributed by atoms with Crippen molar-refractivity contribution < 1.29 is 9.90 Å². The van der Waals surface area contributed by atoms with Crippen LogP contribution in [0.25, 0.3) is 0 Å². The molecule has 1 fully saturated rings. The highest BCUT2D eigenvalue weighted by molar-refractivity contribution is 9.10. The third-order valence-corrected chi connectivity index (χ3v) is 4.58. The lowest BCUT2D eigenvalue weighted by Crippen LogP contribution is -2.45. The lowest BCUT2D eigenvalue weighted by Gasteiger charge is -2.35. The molecule has 1 amide bonds. The molecule has 0 saturated heterocycles. The van der Waals surface area contributed by atoms with Gasteiger partial charge < -0.3 is 10.4 Å². The Morgan fingerprint density at radius 3 is 3.00 bits per heavy atom. The average molecular weight is 340 g/mol. The first kappa shape index (κ1) is 15.5. The van der Waals surface area contributed by atoms with Crippen LogP contribution in [0.5, 0.6) is 0 Å². The molecule has 0 aliphatic heterocycles. The third-order valence-electron chi connectivity index (χ3n) is 4.09. The minimum atomic E-state index is -0.743. The summed E-state index contributed by atoms with van der Waals surface area (Å²) in [5.41, 5.74) is 0.856. The molecule has 1 aromatic carbocycles. The van der Waals surface area contributed by atoms with Crippen LogP contribution in [0.1, 0.15) is 48.5 Å². The predicted octanol–water partition coefficient (Wildman–Crippen LogP) is 3.43. The summed E-state index contributed by atoms with van der Waals surface area (Å²) in [4.78, 5) is 12.2. The molecule has 3 nitrogen and oxygen atoms in total. The van der Waals surface area contributed by atoms with E-state index in [4.69, 9.17) is 0 Å². The molecule has 1 aliphatic rings. The van der Waals surface area contributed by atoms with E-state index >= 15 is 0 Å². The highest BCUT2D eigenvalue weighted by atomic mass is 79.9. The molecule has 1 aromatic rings. The Bertz CT molecular complexity index is 503. The van der Waals surface area contributed by atoms with Crippen LogP contribution in [0.15, 0.2) is 22.7 Å².